The largest absolute Gasteiger partial charge is 0.323 e. The van der Waals surface area contributed by atoms with Crippen LogP contribution in [0.15, 0.2) is 49.4 Å². The fourth-order valence-electron chi connectivity index (χ4n) is 3.14. The quantitative estimate of drug-likeness (QED) is 0.423. The number of aryl methyl sites for hydroxylation is 1. The molecular formula is C20H18BrN5O2. The number of rotatable bonds is 3. The predicted molar refractivity (Wildman–Crippen MR) is 114 cm³/mol. The van der Waals surface area contributed by atoms with Gasteiger partial charge >= 0.3 is 5.69 Å². The molecule has 0 aliphatic carbocycles. The molecule has 0 spiro atoms. The lowest BCUT2D eigenvalue weighted by Crippen LogP contribution is -2.18. The number of H-pyrrole nitrogens is 3. The number of aromatic nitrogens is 4. The van der Waals surface area contributed by atoms with Crippen LogP contribution < -0.4 is 11.2 Å². The summed E-state index contributed by atoms with van der Waals surface area (Å²) in [4.78, 5) is 34.1. The van der Waals surface area contributed by atoms with Crippen molar-refractivity contribution in [1.29, 1.82) is 0 Å². The topological polar surface area (TPSA) is 98.8 Å². The average Bonchev–Trinajstić information content (AvgIpc) is 3.16. The molecular weight excluding hydrogens is 422 g/mol. The van der Waals surface area contributed by atoms with Crippen LogP contribution in [0.3, 0.4) is 0 Å². The molecule has 0 radical (unpaired) electrons. The van der Waals surface area contributed by atoms with Crippen LogP contribution in [0.25, 0.3) is 16.7 Å². The Hall–Kier alpha value is -3.13. The highest BCUT2D eigenvalue weighted by atomic mass is 79.9. The summed E-state index contributed by atoms with van der Waals surface area (Å²) < 4.78 is 2.54. The number of nitrogens with one attached hydrogen (secondary N) is 3. The molecule has 28 heavy (non-hydrogen) atoms. The van der Waals surface area contributed by atoms with Crippen LogP contribution in [0.4, 0.5) is 5.69 Å². The van der Waals surface area contributed by atoms with E-state index >= 15 is 0 Å². The van der Waals surface area contributed by atoms with Crippen molar-refractivity contribution >= 4 is 38.9 Å². The van der Waals surface area contributed by atoms with E-state index in [9.17, 15) is 9.59 Å². The number of nitrogens with zero attached hydrogens (tertiary/aromatic N) is 2. The van der Waals surface area contributed by atoms with Gasteiger partial charge in [0, 0.05) is 16.4 Å². The standard InChI is InChI=1S/C20H18BrN5O2/c1-10-11(2)18(7-5-15(10)21)26-19(27)14(12(3)25-26)9-22-13-4-6-16-17(8-13)24-20(28)23-16/h4-9,25H,1-3H3,(H2,23,24,28). The van der Waals surface area contributed by atoms with E-state index in [0.29, 0.717) is 22.3 Å². The molecule has 0 saturated carbocycles. The Bertz CT molecular complexity index is 1350. The first-order valence-electron chi connectivity index (χ1n) is 8.69. The minimum absolute atomic E-state index is 0.165. The normalized spacial score (nSPS) is 11.7. The van der Waals surface area contributed by atoms with E-state index in [-0.39, 0.29) is 11.2 Å². The van der Waals surface area contributed by atoms with Crippen molar-refractivity contribution in [3.63, 3.8) is 0 Å². The SMILES string of the molecule is Cc1[nH]n(-c2ccc(Br)c(C)c2C)c(=O)c1C=Nc1ccc2[nH]c(=O)[nH]c2c1. The van der Waals surface area contributed by atoms with Crippen molar-refractivity contribution in [2.75, 3.05) is 0 Å². The highest BCUT2D eigenvalue weighted by molar-refractivity contribution is 9.10. The van der Waals surface area contributed by atoms with E-state index in [1.165, 1.54) is 4.68 Å². The molecule has 8 heteroatoms. The van der Waals surface area contributed by atoms with Crippen LogP contribution in [-0.2, 0) is 0 Å². The molecule has 142 valence electrons. The second-order valence-electron chi connectivity index (χ2n) is 6.67. The van der Waals surface area contributed by atoms with Crippen molar-refractivity contribution < 1.29 is 0 Å². The molecule has 0 fully saturated rings. The summed E-state index contributed by atoms with van der Waals surface area (Å²) in [6.45, 7) is 5.83. The van der Waals surface area contributed by atoms with Crippen molar-refractivity contribution in [3.05, 3.63) is 78.0 Å². The average molecular weight is 440 g/mol. The van der Waals surface area contributed by atoms with Gasteiger partial charge < -0.3 is 9.97 Å². The first kappa shape index (κ1) is 18.2. The fourth-order valence-corrected chi connectivity index (χ4v) is 3.57. The first-order valence-corrected chi connectivity index (χ1v) is 9.48. The number of aromatic amines is 3. The number of aliphatic imine (C=N–C) groups is 1. The summed E-state index contributed by atoms with van der Waals surface area (Å²) in [7, 11) is 0. The Morgan fingerprint density at radius 1 is 1.00 bits per heavy atom. The zero-order valence-corrected chi connectivity index (χ0v) is 17.1. The van der Waals surface area contributed by atoms with Crippen LogP contribution >= 0.6 is 15.9 Å². The monoisotopic (exact) mass is 439 g/mol. The van der Waals surface area contributed by atoms with Crippen molar-refractivity contribution in [3.8, 4) is 5.69 Å². The smallest absolute Gasteiger partial charge is 0.306 e. The maximum Gasteiger partial charge on any atom is 0.323 e. The van der Waals surface area contributed by atoms with E-state index in [2.05, 4.69) is 36.0 Å². The Morgan fingerprint density at radius 3 is 2.54 bits per heavy atom. The van der Waals surface area contributed by atoms with Gasteiger partial charge in [-0.1, -0.05) is 15.9 Å². The number of fused-ring (bicyclic) bond motifs is 1. The van der Waals surface area contributed by atoms with Gasteiger partial charge in [-0.05, 0) is 62.2 Å². The first-order chi connectivity index (χ1) is 13.3. The third-order valence-electron chi connectivity index (χ3n) is 4.89. The van der Waals surface area contributed by atoms with Gasteiger partial charge in [-0.2, -0.15) is 0 Å². The van der Waals surface area contributed by atoms with Gasteiger partial charge in [-0.25, -0.2) is 9.48 Å². The predicted octanol–water partition coefficient (Wildman–Crippen LogP) is 3.77. The molecule has 2 aromatic heterocycles. The van der Waals surface area contributed by atoms with E-state index in [1.807, 2.05) is 32.9 Å². The van der Waals surface area contributed by atoms with Crippen LogP contribution in [0.5, 0.6) is 0 Å². The molecule has 4 rings (SSSR count). The summed E-state index contributed by atoms with van der Waals surface area (Å²) in [5.74, 6) is 0. The summed E-state index contributed by atoms with van der Waals surface area (Å²) in [5.41, 5.74) is 5.72. The molecule has 4 aromatic rings. The zero-order valence-electron chi connectivity index (χ0n) is 15.6. The molecule has 0 atom stereocenters. The Balaban J connectivity index is 1.75. The summed E-state index contributed by atoms with van der Waals surface area (Å²) >= 11 is 3.52. The number of benzene rings is 2. The van der Waals surface area contributed by atoms with Crippen LogP contribution in [0.2, 0.25) is 0 Å². The van der Waals surface area contributed by atoms with Crippen LogP contribution in [-0.4, -0.2) is 26.0 Å². The second kappa shape index (κ2) is 6.79. The molecule has 0 aliphatic rings. The minimum atomic E-state index is -0.263. The molecule has 2 heterocycles. The molecule has 0 unspecified atom stereocenters. The Kier molecular flexibility index (Phi) is 4.43. The van der Waals surface area contributed by atoms with Crippen molar-refractivity contribution in [2.45, 2.75) is 20.8 Å². The number of imidazole rings is 1. The van der Waals surface area contributed by atoms with Gasteiger partial charge in [0.15, 0.2) is 0 Å². The van der Waals surface area contributed by atoms with Gasteiger partial charge in [-0.3, -0.25) is 14.9 Å². The zero-order chi connectivity index (χ0) is 20.0. The minimum Gasteiger partial charge on any atom is -0.306 e. The van der Waals surface area contributed by atoms with Gasteiger partial charge in [0.05, 0.1) is 28.0 Å². The van der Waals surface area contributed by atoms with Gasteiger partial charge in [0.2, 0.25) is 0 Å². The number of hydrogen-bond donors (Lipinski definition) is 3. The Labute approximate surface area is 168 Å². The lowest BCUT2D eigenvalue weighted by atomic mass is 10.1. The van der Waals surface area contributed by atoms with E-state index in [0.717, 1.165) is 27.0 Å². The van der Waals surface area contributed by atoms with Crippen LogP contribution in [0, 0.1) is 20.8 Å². The lowest BCUT2D eigenvalue weighted by Gasteiger charge is -2.10. The summed E-state index contributed by atoms with van der Waals surface area (Å²) in [5, 5.41) is 3.13. The summed E-state index contributed by atoms with van der Waals surface area (Å²) in [6, 6.07) is 9.15. The maximum absolute atomic E-state index is 13.0. The molecule has 0 saturated heterocycles. The molecule has 7 nitrogen and oxygen atoms in total. The maximum atomic E-state index is 13.0. The molecule has 0 amide bonds. The highest BCUT2D eigenvalue weighted by Gasteiger charge is 2.14. The second-order valence-corrected chi connectivity index (χ2v) is 7.53. The van der Waals surface area contributed by atoms with Gasteiger partial charge in [0.25, 0.3) is 5.56 Å². The van der Waals surface area contributed by atoms with Gasteiger partial charge in [0.1, 0.15) is 0 Å². The van der Waals surface area contributed by atoms with Crippen molar-refractivity contribution in [2.24, 2.45) is 4.99 Å². The summed E-state index contributed by atoms with van der Waals surface area (Å²) in [6.07, 6.45) is 1.55. The van der Waals surface area contributed by atoms with E-state index in [1.54, 1.807) is 24.4 Å². The van der Waals surface area contributed by atoms with Crippen molar-refractivity contribution in [1.82, 2.24) is 19.7 Å². The third kappa shape index (κ3) is 3.05. The number of hydrogen-bond acceptors (Lipinski definition) is 3. The lowest BCUT2D eigenvalue weighted by molar-refractivity contribution is 0.827. The molecule has 2 aromatic carbocycles. The molecule has 3 N–H and O–H groups in total. The van der Waals surface area contributed by atoms with Crippen LogP contribution in [0.1, 0.15) is 22.4 Å². The fraction of sp³-hybridized carbons (Fsp3) is 0.150. The van der Waals surface area contributed by atoms with Gasteiger partial charge in [-0.15, -0.1) is 0 Å². The Morgan fingerprint density at radius 2 is 1.75 bits per heavy atom. The molecule has 0 bridgehead atoms. The highest BCUT2D eigenvalue weighted by Crippen LogP contribution is 2.24. The van der Waals surface area contributed by atoms with E-state index < -0.39 is 0 Å². The number of halogens is 1. The molecule has 0 aliphatic heterocycles. The van der Waals surface area contributed by atoms with E-state index in [4.69, 9.17) is 0 Å². The third-order valence-corrected chi connectivity index (χ3v) is 5.75.